The topological polar surface area (TPSA) is 91.8 Å². The van der Waals surface area contributed by atoms with Crippen LogP contribution in [0.3, 0.4) is 0 Å². The first kappa shape index (κ1) is 12.1. The molecule has 0 spiro atoms. The van der Waals surface area contributed by atoms with Gasteiger partial charge in [0, 0.05) is 6.04 Å². The molecule has 0 aromatic rings. The number of nitrogens with zero attached hydrogens (tertiary/aromatic N) is 1. The molecule has 1 rings (SSSR count). The second-order valence-electron chi connectivity index (χ2n) is 3.68. The average molecular weight is 235 g/mol. The first-order chi connectivity index (χ1) is 6.81. The van der Waals surface area contributed by atoms with E-state index in [2.05, 4.69) is 0 Å². The molecule has 1 unspecified atom stereocenters. The fourth-order valence-electron chi connectivity index (χ4n) is 1.54. The van der Waals surface area contributed by atoms with Gasteiger partial charge in [0.2, 0.25) is 11.8 Å². The quantitative estimate of drug-likeness (QED) is 0.626. The van der Waals surface area contributed by atoms with Crippen LogP contribution in [0.5, 0.6) is 0 Å². The summed E-state index contributed by atoms with van der Waals surface area (Å²) in [4.78, 5) is 23.9. The zero-order valence-corrected chi connectivity index (χ0v) is 9.32. The molecule has 1 aliphatic rings. The number of hydrogen-bond acceptors (Lipinski definition) is 5. The number of carbonyl (C=O) groups excluding carboxylic acids is 2. The van der Waals surface area contributed by atoms with Crippen LogP contribution in [0.1, 0.15) is 20.3 Å². The normalized spacial score (nSPS) is 22.9. The van der Waals surface area contributed by atoms with Gasteiger partial charge >= 0.3 is 0 Å². The van der Waals surface area contributed by atoms with E-state index < -0.39 is 32.8 Å². The lowest BCUT2D eigenvalue weighted by atomic mass is 10.3. The van der Waals surface area contributed by atoms with E-state index in [-0.39, 0.29) is 12.5 Å². The van der Waals surface area contributed by atoms with Gasteiger partial charge in [0.25, 0.3) is 0 Å². The highest BCUT2D eigenvalue weighted by Gasteiger charge is 2.46. The first-order valence-electron chi connectivity index (χ1n) is 4.49. The van der Waals surface area contributed by atoms with Crippen molar-refractivity contribution in [2.75, 3.05) is 5.94 Å². The lowest BCUT2D eigenvalue weighted by Crippen LogP contribution is -2.39. The summed E-state index contributed by atoms with van der Waals surface area (Å²) in [5.74, 6) is -2.34. The maximum Gasteiger partial charge on any atom is 0.248 e. The highest BCUT2D eigenvalue weighted by molar-refractivity contribution is 7.92. The third-order valence-electron chi connectivity index (χ3n) is 2.27. The van der Waals surface area contributed by atoms with E-state index in [0.717, 1.165) is 4.90 Å². The van der Waals surface area contributed by atoms with E-state index in [4.69, 9.17) is 5.11 Å². The molecule has 0 aliphatic carbocycles. The van der Waals surface area contributed by atoms with Crippen molar-refractivity contribution in [1.29, 1.82) is 0 Å². The summed E-state index contributed by atoms with van der Waals surface area (Å²) >= 11 is 0. The highest BCUT2D eigenvalue weighted by Crippen LogP contribution is 2.22. The molecule has 2 amide bonds. The number of aliphatic hydroxyl groups excluding tert-OH is 1. The summed E-state index contributed by atoms with van der Waals surface area (Å²) in [6, 6.07) is -0.358. The van der Waals surface area contributed by atoms with Crippen LogP contribution in [-0.4, -0.2) is 47.5 Å². The zero-order valence-electron chi connectivity index (χ0n) is 8.50. The molecule has 1 saturated heterocycles. The monoisotopic (exact) mass is 235 g/mol. The van der Waals surface area contributed by atoms with Crippen LogP contribution < -0.4 is 0 Å². The minimum Gasteiger partial charge on any atom is -0.380 e. The van der Waals surface area contributed by atoms with Gasteiger partial charge in [-0.1, -0.05) is 0 Å². The van der Waals surface area contributed by atoms with Crippen molar-refractivity contribution in [3.8, 4) is 0 Å². The van der Waals surface area contributed by atoms with Crippen molar-refractivity contribution in [2.24, 2.45) is 0 Å². The van der Waals surface area contributed by atoms with Crippen LogP contribution in [-0.2, 0) is 19.4 Å². The Kier molecular flexibility index (Phi) is 3.15. The van der Waals surface area contributed by atoms with E-state index >= 15 is 0 Å². The summed E-state index contributed by atoms with van der Waals surface area (Å²) in [6.45, 7) is 3.26. The number of hydrogen-bond donors (Lipinski definition) is 1. The van der Waals surface area contributed by atoms with Gasteiger partial charge in [0.05, 0.1) is 6.42 Å². The number of likely N-dealkylation sites (tertiary alicyclic amines) is 1. The molecule has 1 aliphatic heterocycles. The van der Waals surface area contributed by atoms with Crippen molar-refractivity contribution in [3.63, 3.8) is 0 Å². The van der Waals surface area contributed by atoms with Gasteiger partial charge < -0.3 is 5.11 Å². The Labute approximate surface area is 87.8 Å². The number of aliphatic hydroxyl groups is 1. The van der Waals surface area contributed by atoms with Crippen LogP contribution >= 0.6 is 0 Å². The number of imide groups is 1. The molecule has 15 heavy (non-hydrogen) atoms. The molecule has 0 saturated carbocycles. The van der Waals surface area contributed by atoms with Crippen molar-refractivity contribution < 1.29 is 23.1 Å². The number of amides is 2. The summed E-state index contributed by atoms with van der Waals surface area (Å²) in [5, 5.41) is 7.21. The third-order valence-corrected chi connectivity index (χ3v) is 3.87. The fourth-order valence-corrected chi connectivity index (χ4v) is 2.53. The second kappa shape index (κ2) is 3.90. The predicted octanol–water partition coefficient (Wildman–Crippen LogP) is -1.11. The minimum atomic E-state index is -3.90. The smallest absolute Gasteiger partial charge is 0.248 e. The number of rotatable bonds is 3. The van der Waals surface area contributed by atoms with Crippen molar-refractivity contribution in [3.05, 3.63) is 0 Å². The molecule has 7 heteroatoms. The van der Waals surface area contributed by atoms with E-state index in [1.165, 1.54) is 0 Å². The van der Waals surface area contributed by atoms with Gasteiger partial charge in [0.1, 0.15) is 5.94 Å². The molecule has 1 atom stereocenters. The molecule has 6 nitrogen and oxygen atoms in total. The number of sulfone groups is 1. The van der Waals surface area contributed by atoms with E-state index in [9.17, 15) is 18.0 Å². The van der Waals surface area contributed by atoms with Crippen LogP contribution in [0.25, 0.3) is 0 Å². The Morgan fingerprint density at radius 2 is 2.00 bits per heavy atom. The summed E-state index contributed by atoms with van der Waals surface area (Å²) in [7, 11) is -3.90. The lowest BCUT2D eigenvalue weighted by molar-refractivity contribution is -0.140. The van der Waals surface area contributed by atoms with Crippen molar-refractivity contribution in [2.45, 2.75) is 31.6 Å². The first-order valence-corrected chi connectivity index (χ1v) is 6.21. The average Bonchev–Trinajstić information content (AvgIpc) is 2.42. The summed E-state index contributed by atoms with van der Waals surface area (Å²) < 4.78 is 22.6. The van der Waals surface area contributed by atoms with Crippen LogP contribution in [0.4, 0.5) is 0 Å². The van der Waals surface area contributed by atoms with Crippen LogP contribution in [0.15, 0.2) is 0 Å². The highest BCUT2D eigenvalue weighted by atomic mass is 32.2. The maximum absolute atomic E-state index is 11.6. The predicted molar refractivity (Wildman–Crippen MR) is 51.4 cm³/mol. The standard InChI is InChI=1S/C8H13NO5S/c1-5(2)9-7(11)3-6(8(9)12)15(13,14)4-10/h5-6,10H,3-4H2,1-2H3. The molecule has 1 heterocycles. The molecule has 1 fully saturated rings. The molecule has 86 valence electrons. The maximum atomic E-state index is 11.6. The molecule has 0 aromatic heterocycles. The molecule has 0 aromatic carbocycles. The Morgan fingerprint density at radius 3 is 2.33 bits per heavy atom. The zero-order chi connectivity index (χ0) is 11.8. The van der Waals surface area contributed by atoms with Crippen LogP contribution in [0.2, 0.25) is 0 Å². The van der Waals surface area contributed by atoms with Gasteiger partial charge in [-0.05, 0) is 13.8 Å². The fraction of sp³-hybridized carbons (Fsp3) is 0.750. The molecular weight excluding hydrogens is 222 g/mol. The minimum absolute atomic E-state index is 0.358. The van der Waals surface area contributed by atoms with Crippen molar-refractivity contribution in [1.82, 2.24) is 4.90 Å². The molecule has 0 radical (unpaired) electrons. The van der Waals surface area contributed by atoms with Gasteiger partial charge in [0.15, 0.2) is 15.1 Å². The molecular formula is C8H13NO5S. The van der Waals surface area contributed by atoms with Gasteiger partial charge in [-0.2, -0.15) is 0 Å². The lowest BCUT2D eigenvalue weighted by Gasteiger charge is -2.18. The number of carbonyl (C=O) groups is 2. The van der Waals surface area contributed by atoms with Gasteiger partial charge in [-0.3, -0.25) is 14.5 Å². The largest absolute Gasteiger partial charge is 0.380 e. The Balaban J connectivity index is 3.02. The Morgan fingerprint density at radius 1 is 1.47 bits per heavy atom. The van der Waals surface area contributed by atoms with Crippen molar-refractivity contribution >= 4 is 21.7 Å². The molecule has 0 bridgehead atoms. The van der Waals surface area contributed by atoms with E-state index in [1.807, 2.05) is 0 Å². The van der Waals surface area contributed by atoms with E-state index in [0.29, 0.717) is 0 Å². The SMILES string of the molecule is CC(C)N1C(=O)CC(S(=O)(=O)CO)C1=O. The third kappa shape index (κ3) is 2.03. The Hall–Kier alpha value is -0.950. The Bertz CT molecular complexity index is 386. The van der Waals surface area contributed by atoms with Gasteiger partial charge in [-0.25, -0.2) is 8.42 Å². The second-order valence-corrected chi connectivity index (χ2v) is 5.83. The van der Waals surface area contributed by atoms with Crippen LogP contribution in [0, 0.1) is 0 Å². The van der Waals surface area contributed by atoms with E-state index in [1.54, 1.807) is 13.8 Å². The summed E-state index contributed by atoms with van der Waals surface area (Å²) in [6.07, 6.45) is -0.361. The molecule has 1 N–H and O–H groups in total. The summed E-state index contributed by atoms with van der Waals surface area (Å²) in [5.41, 5.74) is 0. The van der Waals surface area contributed by atoms with Gasteiger partial charge in [-0.15, -0.1) is 0 Å².